The van der Waals surface area contributed by atoms with Crippen molar-refractivity contribution in [2.45, 2.75) is 44.2 Å². The third-order valence-electron chi connectivity index (χ3n) is 6.79. The first-order valence-corrected chi connectivity index (χ1v) is 12.9. The van der Waals surface area contributed by atoms with E-state index in [1.807, 2.05) is 6.07 Å². The van der Waals surface area contributed by atoms with Crippen molar-refractivity contribution in [2.75, 3.05) is 25.5 Å². The molecule has 5 rings (SSSR count). The van der Waals surface area contributed by atoms with Crippen molar-refractivity contribution < 1.29 is 14.3 Å². The Labute approximate surface area is 209 Å². The van der Waals surface area contributed by atoms with Crippen LogP contribution in [0.5, 0.6) is 5.75 Å². The number of anilines is 1. The molecule has 2 aliphatic rings. The molecule has 35 heavy (non-hydrogen) atoms. The maximum atomic E-state index is 13.1. The normalized spacial score (nSPS) is 18.1. The fourth-order valence-corrected chi connectivity index (χ4v) is 5.86. The van der Waals surface area contributed by atoms with Crippen LogP contribution in [-0.4, -0.2) is 47.9 Å². The number of rotatable bonds is 7. The number of amides is 2. The Balaban J connectivity index is 1.14. The zero-order valence-corrected chi connectivity index (χ0v) is 20.6. The predicted molar refractivity (Wildman–Crippen MR) is 137 cm³/mol. The summed E-state index contributed by atoms with van der Waals surface area (Å²) in [6, 6.07) is 17.7. The minimum Gasteiger partial charge on any atom is -0.497 e. The number of carbonyl (C=O) groups excluding carboxylic acids is 2. The van der Waals surface area contributed by atoms with Crippen LogP contribution in [0.4, 0.5) is 5.13 Å². The molecule has 2 aromatic carbocycles. The Hall–Kier alpha value is -3.23. The minimum atomic E-state index is -0.241. The van der Waals surface area contributed by atoms with Gasteiger partial charge in [0, 0.05) is 36.1 Å². The first-order chi connectivity index (χ1) is 17.1. The number of ether oxygens (including phenoxy) is 1. The summed E-state index contributed by atoms with van der Waals surface area (Å²) in [5.41, 5.74) is 2.68. The fraction of sp³-hybridized carbons (Fsp3) is 0.370. The van der Waals surface area contributed by atoms with E-state index in [1.54, 1.807) is 31.4 Å². The number of aryl methyl sites for hydroxylation is 1. The Morgan fingerprint density at radius 3 is 2.51 bits per heavy atom. The first kappa shape index (κ1) is 23.5. The third kappa shape index (κ3) is 5.55. The molecule has 1 atom stereocenters. The zero-order valence-electron chi connectivity index (χ0n) is 19.8. The van der Waals surface area contributed by atoms with Gasteiger partial charge in [-0.3, -0.25) is 19.8 Å². The molecule has 1 aromatic heterocycles. The second-order valence-electron chi connectivity index (χ2n) is 9.15. The van der Waals surface area contributed by atoms with Crippen LogP contribution in [0, 0.1) is 0 Å². The third-order valence-corrected chi connectivity index (χ3v) is 7.84. The monoisotopic (exact) mass is 490 g/mol. The first-order valence-electron chi connectivity index (χ1n) is 12.1. The van der Waals surface area contributed by atoms with Crippen molar-refractivity contribution in [3.05, 3.63) is 76.3 Å². The number of fused-ring (bicyclic) bond motifs is 1. The molecular formula is C27H30N4O3S. The summed E-state index contributed by atoms with van der Waals surface area (Å²) in [4.78, 5) is 33.9. The lowest BCUT2D eigenvalue weighted by molar-refractivity contribution is -0.123. The van der Waals surface area contributed by atoms with Gasteiger partial charge in [-0.1, -0.05) is 30.3 Å². The van der Waals surface area contributed by atoms with Gasteiger partial charge in [-0.2, -0.15) is 0 Å². The number of thiazole rings is 1. The molecule has 0 saturated carbocycles. The van der Waals surface area contributed by atoms with Gasteiger partial charge in [0.15, 0.2) is 5.13 Å². The highest BCUT2D eigenvalue weighted by Crippen LogP contribution is 2.38. The number of nitrogens with zero attached hydrogens (tertiary/aromatic N) is 2. The minimum absolute atomic E-state index is 0.0589. The van der Waals surface area contributed by atoms with Crippen molar-refractivity contribution in [2.24, 2.45) is 0 Å². The van der Waals surface area contributed by atoms with Gasteiger partial charge in [0.05, 0.1) is 18.7 Å². The summed E-state index contributed by atoms with van der Waals surface area (Å²) in [6.45, 7) is 2.92. The quantitative estimate of drug-likeness (QED) is 0.518. The van der Waals surface area contributed by atoms with Gasteiger partial charge in [-0.25, -0.2) is 4.98 Å². The number of hydrogen-bond donors (Lipinski definition) is 2. The average molecular weight is 491 g/mol. The molecule has 1 aliphatic heterocycles. The van der Waals surface area contributed by atoms with Crippen LogP contribution >= 0.6 is 11.3 Å². The van der Waals surface area contributed by atoms with E-state index in [4.69, 9.17) is 4.74 Å². The molecule has 182 valence electrons. The van der Waals surface area contributed by atoms with Gasteiger partial charge in [0.2, 0.25) is 5.91 Å². The topological polar surface area (TPSA) is 83.6 Å². The predicted octanol–water partition coefficient (Wildman–Crippen LogP) is 4.21. The lowest BCUT2D eigenvalue weighted by Gasteiger charge is -2.32. The van der Waals surface area contributed by atoms with Gasteiger partial charge in [-0.15, -0.1) is 11.3 Å². The Bertz CT molecular complexity index is 1170. The van der Waals surface area contributed by atoms with Gasteiger partial charge in [0.25, 0.3) is 5.91 Å². The number of benzene rings is 2. The number of aromatic nitrogens is 1. The molecule has 1 aliphatic carbocycles. The highest BCUT2D eigenvalue weighted by atomic mass is 32.1. The molecule has 3 aromatic rings. The maximum Gasteiger partial charge on any atom is 0.257 e. The molecule has 7 nitrogen and oxygen atoms in total. The summed E-state index contributed by atoms with van der Waals surface area (Å²) in [7, 11) is 1.59. The standard InChI is InChI=1S/C27H30N4O3S/c1-34-21-9-7-19(8-10-21)25(32)30-27-29-24-22(11-12-23(24)35-27)26(33)28-20-13-15-31(16-14-20)17-18-5-3-2-4-6-18/h2-10,20,22H,11-17H2,1H3,(H,28,33)(H,29,30,32). The van der Waals surface area contributed by atoms with E-state index in [0.717, 1.165) is 55.9 Å². The highest BCUT2D eigenvalue weighted by Gasteiger charge is 2.34. The summed E-state index contributed by atoms with van der Waals surface area (Å²) in [5, 5.41) is 6.70. The van der Waals surface area contributed by atoms with E-state index in [1.165, 1.54) is 16.9 Å². The second kappa shape index (κ2) is 10.6. The Morgan fingerprint density at radius 2 is 1.80 bits per heavy atom. The lowest BCUT2D eigenvalue weighted by atomic mass is 10.0. The van der Waals surface area contributed by atoms with Crippen LogP contribution in [0.25, 0.3) is 0 Å². The van der Waals surface area contributed by atoms with Gasteiger partial charge < -0.3 is 10.1 Å². The maximum absolute atomic E-state index is 13.1. The molecule has 2 amide bonds. The molecule has 1 unspecified atom stereocenters. The van der Waals surface area contributed by atoms with E-state index in [-0.39, 0.29) is 23.8 Å². The highest BCUT2D eigenvalue weighted by molar-refractivity contribution is 7.16. The molecule has 2 heterocycles. The van der Waals surface area contributed by atoms with Gasteiger partial charge in [-0.05, 0) is 55.5 Å². The number of nitrogens with one attached hydrogen (secondary N) is 2. The van der Waals surface area contributed by atoms with Crippen LogP contribution in [-0.2, 0) is 17.8 Å². The van der Waals surface area contributed by atoms with Crippen LogP contribution in [0.2, 0.25) is 0 Å². The molecular weight excluding hydrogens is 460 g/mol. The zero-order chi connectivity index (χ0) is 24.2. The van der Waals surface area contributed by atoms with Crippen LogP contribution in [0.15, 0.2) is 54.6 Å². The lowest BCUT2D eigenvalue weighted by Crippen LogP contribution is -2.45. The van der Waals surface area contributed by atoms with Crippen LogP contribution in [0.1, 0.15) is 51.7 Å². The van der Waals surface area contributed by atoms with E-state index in [9.17, 15) is 9.59 Å². The average Bonchev–Trinajstić information content (AvgIpc) is 3.46. The second-order valence-corrected chi connectivity index (χ2v) is 10.2. The molecule has 0 spiro atoms. The summed E-state index contributed by atoms with van der Waals surface area (Å²) >= 11 is 1.47. The van der Waals surface area contributed by atoms with Crippen LogP contribution in [0.3, 0.4) is 0 Å². The molecule has 8 heteroatoms. The number of methoxy groups -OCH3 is 1. The number of hydrogen-bond acceptors (Lipinski definition) is 6. The number of carbonyl (C=O) groups is 2. The van der Waals surface area contributed by atoms with Gasteiger partial charge in [0.1, 0.15) is 5.75 Å². The van der Waals surface area contributed by atoms with Crippen molar-refractivity contribution in [3.63, 3.8) is 0 Å². The molecule has 0 radical (unpaired) electrons. The Kier molecular flexibility index (Phi) is 7.11. The molecule has 1 saturated heterocycles. The van der Waals surface area contributed by atoms with E-state index in [0.29, 0.717) is 16.4 Å². The smallest absolute Gasteiger partial charge is 0.257 e. The Morgan fingerprint density at radius 1 is 1.06 bits per heavy atom. The van der Waals surface area contributed by atoms with E-state index < -0.39 is 0 Å². The molecule has 2 N–H and O–H groups in total. The largest absolute Gasteiger partial charge is 0.497 e. The van der Waals surface area contributed by atoms with E-state index in [2.05, 4.69) is 44.8 Å². The summed E-state index contributed by atoms with van der Waals surface area (Å²) in [5.74, 6) is 0.299. The summed E-state index contributed by atoms with van der Waals surface area (Å²) < 4.78 is 5.14. The molecule has 0 bridgehead atoms. The fourth-order valence-electron chi connectivity index (χ4n) is 4.83. The number of likely N-dealkylation sites (tertiary alicyclic amines) is 1. The summed E-state index contributed by atoms with van der Waals surface area (Å²) in [6.07, 6.45) is 3.51. The SMILES string of the molecule is COc1ccc(C(=O)Nc2nc3c(s2)CCC3C(=O)NC2CCN(Cc3ccccc3)CC2)cc1. The molecule has 1 fully saturated rings. The van der Waals surface area contributed by atoms with Crippen molar-refractivity contribution in [3.8, 4) is 5.75 Å². The van der Waals surface area contributed by atoms with E-state index >= 15 is 0 Å². The van der Waals surface area contributed by atoms with Crippen molar-refractivity contribution >= 4 is 28.3 Å². The van der Waals surface area contributed by atoms with Gasteiger partial charge >= 0.3 is 0 Å². The van der Waals surface area contributed by atoms with Crippen molar-refractivity contribution in [1.29, 1.82) is 0 Å². The number of piperidine rings is 1. The van der Waals surface area contributed by atoms with Crippen LogP contribution < -0.4 is 15.4 Å². The van der Waals surface area contributed by atoms with Crippen molar-refractivity contribution in [1.82, 2.24) is 15.2 Å².